The van der Waals surface area contributed by atoms with Gasteiger partial charge < -0.3 is 14.8 Å². The molecule has 0 aromatic heterocycles. The Morgan fingerprint density at radius 2 is 2.00 bits per heavy atom. The minimum atomic E-state index is -3.74. The maximum absolute atomic E-state index is 12.7. The van der Waals surface area contributed by atoms with Crippen LogP contribution < -0.4 is 19.1 Å². The summed E-state index contributed by atoms with van der Waals surface area (Å²) in [4.78, 5) is 12.7. The third-order valence-corrected chi connectivity index (χ3v) is 6.07. The van der Waals surface area contributed by atoms with Gasteiger partial charge in [0.1, 0.15) is 17.5 Å². The lowest BCUT2D eigenvalue weighted by Crippen LogP contribution is -2.48. The molecular formula is C20H30N2O5S. The Balaban J connectivity index is 2.18. The molecule has 0 radical (unpaired) electrons. The summed E-state index contributed by atoms with van der Waals surface area (Å²) < 4.78 is 36.6. The molecule has 1 aliphatic rings. The van der Waals surface area contributed by atoms with E-state index < -0.39 is 16.1 Å². The van der Waals surface area contributed by atoms with Gasteiger partial charge in [-0.25, -0.2) is 8.42 Å². The Kier molecular flexibility index (Phi) is 7.74. The molecule has 0 saturated carbocycles. The molecule has 0 fully saturated rings. The number of ether oxygens (including phenoxy) is 2. The molecule has 0 aliphatic heterocycles. The highest BCUT2D eigenvalue weighted by atomic mass is 32.2. The molecule has 1 amide bonds. The van der Waals surface area contributed by atoms with E-state index >= 15 is 0 Å². The summed E-state index contributed by atoms with van der Waals surface area (Å²) in [6.45, 7) is 2.05. The van der Waals surface area contributed by atoms with Crippen LogP contribution in [-0.2, 0) is 14.8 Å². The number of sulfonamides is 1. The van der Waals surface area contributed by atoms with E-state index in [4.69, 9.17) is 9.47 Å². The van der Waals surface area contributed by atoms with Crippen LogP contribution in [0.2, 0.25) is 0 Å². The summed E-state index contributed by atoms with van der Waals surface area (Å²) >= 11 is 0. The van der Waals surface area contributed by atoms with Gasteiger partial charge in [0.05, 0.1) is 26.2 Å². The third-order valence-electron chi connectivity index (χ3n) is 4.84. The average molecular weight is 411 g/mol. The van der Waals surface area contributed by atoms with Gasteiger partial charge in [-0.05, 0) is 51.2 Å². The Morgan fingerprint density at radius 1 is 1.25 bits per heavy atom. The first kappa shape index (κ1) is 22.1. The number of nitrogens with one attached hydrogen (secondary N) is 1. The van der Waals surface area contributed by atoms with E-state index in [1.807, 2.05) is 0 Å². The highest BCUT2D eigenvalue weighted by Gasteiger charge is 2.31. The highest BCUT2D eigenvalue weighted by molar-refractivity contribution is 7.92. The number of amides is 1. The van der Waals surface area contributed by atoms with Crippen molar-refractivity contribution < 1.29 is 22.7 Å². The summed E-state index contributed by atoms with van der Waals surface area (Å²) in [6, 6.07) is 3.91. The molecule has 0 bridgehead atoms. The van der Waals surface area contributed by atoms with Crippen molar-refractivity contribution in [3.05, 3.63) is 29.8 Å². The minimum Gasteiger partial charge on any atom is -0.497 e. The Morgan fingerprint density at radius 3 is 2.57 bits per heavy atom. The number of anilines is 1. The number of methoxy groups -OCH3 is 2. The largest absolute Gasteiger partial charge is 0.497 e. The molecule has 0 unspecified atom stereocenters. The topological polar surface area (TPSA) is 84.9 Å². The summed E-state index contributed by atoms with van der Waals surface area (Å²) in [7, 11) is -0.794. The van der Waals surface area contributed by atoms with Gasteiger partial charge in [0.2, 0.25) is 15.9 Å². The number of carbonyl (C=O) groups excluding carboxylic acids is 1. The first-order valence-corrected chi connectivity index (χ1v) is 11.3. The number of nitrogens with zero attached hydrogens (tertiary/aromatic N) is 1. The second kappa shape index (κ2) is 9.82. The number of allylic oxidation sites excluding steroid dienone is 1. The number of carbonyl (C=O) groups is 1. The second-order valence-corrected chi connectivity index (χ2v) is 8.78. The maximum Gasteiger partial charge on any atom is 0.243 e. The predicted octanol–water partition coefficient (Wildman–Crippen LogP) is 2.87. The minimum absolute atomic E-state index is 0.266. The lowest BCUT2D eigenvalue weighted by molar-refractivity contribution is -0.121. The molecular weight excluding hydrogens is 380 g/mol. The Bertz CT molecular complexity index is 820. The fourth-order valence-corrected chi connectivity index (χ4v) is 4.55. The van der Waals surface area contributed by atoms with Crippen molar-refractivity contribution in [3.63, 3.8) is 0 Å². The van der Waals surface area contributed by atoms with E-state index in [9.17, 15) is 13.2 Å². The third kappa shape index (κ3) is 5.64. The molecule has 2 rings (SSSR count). The quantitative estimate of drug-likeness (QED) is 0.633. The van der Waals surface area contributed by atoms with Gasteiger partial charge in [-0.1, -0.05) is 11.6 Å². The predicted molar refractivity (Wildman–Crippen MR) is 111 cm³/mol. The molecule has 28 heavy (non-hydrogen) atoms. The summed E-state index contributed by atoms with van der Waals surface area (Å²) in [6.07, 6.45) is 8.68. The molecule has 1 atom stereocenters. The maximum atomic E-state index is 12.7. The van der Waals surface area contributed by atoms with Crippen LogP contribution in [0.4, 0.5) is 5.69 Å². The van der Waals surface area contributed by atoms with Crippen LogP contribution in [0.25, 0.3) is 0 Å². The summed E-state index contributed by atoms with van der Waals surface area (Å²) in [5.41, 5.74) is 1.62. The normalized spacial score (nSPS) is 15.4. The molecule has 0 spiro atoms. The second-order valence-electron chi connectivity index (χ2n) is 6.92. The van der Waals surface area contributed by atoms with Crippen LogP contribution in [0, 0.1) is 0 Å². The standard InChI is InChI=1S/C20H30N2O5S/c1-15(20(23)21-13-12-16-8-6-5-7-9-16)22(28(4,24)25)18-14-17(26-2)10-11-19(18)27-3/h8,10-11,14-15H,5-7,9,12-13H2,1-4H3,(H,21,23)/t15-/m0/s1. The fourth-order valence-electron chi connectivity index (χ4n) is 3.38. The van der Waals surface area contributed by atoms with Crippen LogP contribution in [0.15, 0.2) is 29.8 Å². The molecule has 1 aromatic rings. The molecule has 156 valence electrons. The molecule has 0 saturated heterocycles. The number of benzene rings is 1. The van der Waals surface area contributed by atoms with Crippen LogP contribution in [0.3, 0.4) is 0 Å². The highest BCUT2D eigenvalue weighted by Crippen LogP contribution is 2.35. The van der Waals surface area contributed by atoms with Gasteiger partial charge >= 0.3 is 0 Å². The van der Waals surface area contributed by atoms with Crippen molar-refractivity contribution >= 4 is 21.6 Å². The van der Waals surface area contributed by atoms with Gasteiger partial charge in [0.15, 0.2) is 0 Å². The summed E-state index contributed by atoms with van der Waals surface area (Å²) in [5, 5.41) is 2.86. The molecule has 0 heterocycles. The van der Waals surface area contributed by atoms with Crippen LogP contribution in [-0.4, -0.2) is 47.4 Å². The number of hydrogen-bond donors (Lipinski definition) is 1. The lowest BCUT2D eigenvalue weighted by atomic mass is 9.97. The van der Waals surface area contributed by atoms with Gasteiger partial charge in [0, 0.05) is 12.6 Å². The van der Waals surface area contributed by atoms with Gasteiger partial charge in [-0.2, -0.15) is 0 Å². The van der Waals surface area contributed by atoms with Gasteiger partial charge in [-0.3, -0.25) is 9.10 Å². The SMILES string of the molecule is COc1ccc(OC)c(N([C@@H](C)C(=O)NCCC2=CCCCC2)S(C)(=O)=O)c1. The average Bonchev–Trinajstić information content (AvgIpc) is 2.67. The fraction of sp³-hybridized carbons (Fsp3) is 0.550. The van der Waals surface area contributed by atoms with Crippen molar-refractivity contribution in [1.82, 2.24) is 5.32 Å². The smallest absolute Gasteiger partial charge is 0.243 e. The lowest BCUT2D eigenvalue weighted by Gasteiger charge is -2.29. The van der Waals surface area contributed by atoms with Crippen molar-refractivity contribution in [2.75, 3.05) is 31.3 Å². The van der Waals surface area contributed by atoms with Crippen molar-refractivity contribution in [1.29, 1.82) is 0 Å². The van der Waals surface area contributed by atoms with Gasteiger partial charge in [-0.15, -0.1) is 0 Å². The first-order valence-electron chi connectivity index (χ1n) is 9.45. The van der Waals surface area contributed by atoms with E-state index in [1.54, 1.807) is 25.1 Å². The first-order chi connectivity index (χ1) is 13.3. The van der Waals surface area contributed by atoms with Crippen LogP contribution in [0.5, 0.6) is 11.5 Å². The molecule has 1 N–H and O–H groups in total. The molecule has 8 heteroatoms. The number of rotatable bonds is 9. The van der Waals surface area contributed by atoms with Crippen molar-refractivity contribution in [3.8, 4) is 11.5 Å². The van der Waals surface area contributed by atoms with E-state index in [1.165, 1.54) is 32.6 Å². The Labute approximate surface area is 167 Å². The molecule has 1 aliphatic carbocycles. The zero-order chi connectivity index (χ0) is 20.7. The summed E-state index contributed by atoms with van der Waals surface area (Å²) in [5.74, 6) is 0.464. The zero-order valence-corrected chi connectivity index (χ0v) is 17.8. The van der Waals surface area contributed by atoms with Crippen molar-refractivity contribution in [2.24, 2.45) is 0 Å². The monoisotopic (exact) mass is 410 g/mol. The van der Waals surface area contributed by atoms with Crippen LogP contribution >= 0.6 is 0 Å². The van der Waals surface area contributed by atoms with Crippen molar-refractivity contribution in [2.45, 2.75) is 45.1 Å². The van der Waals surface area contributed by atoms with E-state index in [2.05, 4.69) is 11.4 Å². The number of hydrogen-bond acceptors (Lipinski definition) is 5. The molecule has 7 nitrogen and oxygen atoms in total. The van der Waals surface area contributed by atoms with E-state index in [0.717, 1.165) is 29.8 Å². The van der Waals surface area contributed by atoms with Crippen LogP contribution in [0.1, 0.15) is 39.0 Å². The Hall–Kier alpha value is -2.22. The van der Waals surface area contributed by atoms with Gasteiger partial charge in [0.25, 0.3) is 0 Å². The zero-order valence-electron chi connectivity index (χ0n) is 17.0. The van der Waals surface area contributed by atoms with E-state index in [-0.39, 0.29) is 11.6 Å². The molecule has 1 aromatic carbocycles. The van der Waals surface area contributed by atoms with E-state index in [0.29, 0.717) is 18.0 Å².